The predicted molar refractivity (Wildman–Crippen MR) is 293 cm³/mol. The van der Waals surface area contributed by atoms with Crippen LogP contribution in [0.4, 0.5) is 34.1 Å². The molecule has 0 aliphatic heterocycles. The Morgan fingerprint density at radius 2 is 0.871 bits per heavy atom. The summed E-state index contributed by atoms with van der Waals surface area (Å²) in [4.78, 5) is 5.24. The molecular formula is C68H54N2. The highest BCUT2D eigenvalue weighted by Gasteiger charge is 2.62. The van der Waals surface area contributed by atoms with E-state index < -0.39 is 0 Å². The van der Waals surface area contributed by atoms with Gasteiger partial charge >= 0.3 is 0 Å². The molecule has 14 rings (SSSR count). The van der Waals surface area contributed by atoms with Crippen LogP contribution in [0.3, 0.4) is 0 Å². The molecule has 10 aromatic rings. The zero-order valence-electron chi connectivity index (χ0n) is 39.8. The molecule has 0 aromatic heterocycles. The lowest BCUT2D eigenvalue weighted by molar-refractivity contribution is 0.350. The Hall–Kier alpha value is -7.94. The molecule has 0 heterocycles. The van der Waals surface area contributed by atoms with Gasteiger partial charge in [0.2, 0.25) is 0 Å². The van der Waals surface area contributed by atoms with Gasteiger partial charge in [-0.3, -0.25) is 0 Å². The van der Waals surface area contributed by atoms with E-state index in [-0.39, 0.29) is 10.8 Å². The number of nitrogens with zero attached hydrogens (tertiary/aromatic N) is 2. The maximum Gasteiger partial charge on any atom is 0.0546 e. The first-order chi connectivity index (χ1) is 34.5. The Bertz CT molecular complexity index is 3600. The monoisotopic (exact) mass is 898 g/mol. The summed E-state index contributed by atoms with van der Waals surface area (Å²) in [5, 5.41) is 2.47. The normalized spacial score (nSPS) is 18.7. The molecule has 0 radical (unpaired) electrons. The highest BCUT2D eigenvalue weighted by Crippen LogP contribution is 2.69. The molecule has 1 spiro atoms. The second kappa shape index (κ2) is 15.8. The first-order valence-corrected chi connectivity index (χ1v) is 25.3. The molecule has 2 nitrogen and oxygen atoms in total. The van der Waals surface area contributed by atoms with E-state index in [9.17, 15) is 0 Å². The zero-order chi connectivity index (χ0) is 46.6. The molecular weight excluding hydrogens is 845 g/mol. The average molecular weight is 899 g/mol. The summed E-state index contributed by atoms with van der Waals surface area (Å²) in [7, 11) is 0. The molecule has 2 heteroatoms. The number of para-hydroxylation sites is 2. The third-order valence-electron chi connectivity index (χ3n) is 16.9. The fourth-order valence-electron chi connectivity index (χ4n) is 14.0. The minimum Gasteiger partial charge on any atom is -0.310 e. The second-order valence-electron chi connectivity index (χ2n) is 20.8. The highest BCUT2D eigenvalue weighted by atomic mass is 15.2. The molecule has 0 saturated heterocycles. The van der Waals surface area contributed by atoms with Gasteiger partial charge in [0.15, 0.2) is 0 Å². The van der Waals surface area contributed by atoms with Crippen molar-refractivity contribution < 1.29 is 0 Å². The minimum atomic E-state index is -0.182. The van der Waals surface area contributed by atoms with Gasteiger partial charge < -0.3 is 9.80 Å². The van der Waals surface area contributed by atoms with Gasteiger partial charge in [-0.1, -0.05) is 184 Å². The van der Waals surface area contributed by atoms with Crippen molar-refractivity contribution in [2.75, 3.05) is 9.80 Å². The van der Waals surface area contributed by atoms with Crippen molar-refractivity contribution in [3.8, 4) is 33.4 Å². The van der Waals surface area contributed by atoms with Crippen LogP contribution in [-0.2, 0) is 23.7 Å². The topological polar surface area (TPSA) is 6.48 Å². The first-order valence-electron chi connectivity index (χ1n) is 25.3. The third-order valence-corrected chi connectivity index (χ3v) is 16.9. The van der Waals surface area contributed by atoms with E-state index in [0.717, 1.165) is 12.8 Å². The summed E-state index contributed by atoms with van der Waals surface area (Å²) in [6.45, 7) is 4.83. The molecule has 70 heavy (non-hydrogen) atoms. The number of fused-ring (bicyclic) bond motifs is 6. The van der Waals surface area contributed by atoms with Crippen LogP contribution in [0, 0.1) is 11.8 Å². The molecule has 0 amide bonds. The van der Waals surface area contributed by atoms with E-state index in [4.69, 9.17) is 0 Å². The van der Waals surface area contributed by atoms with Gasteiger partial charge in [-0.25, -0.2) is 0 Å². The van der Waals surface area contributed by atoms with Gasteiger partial charge in [-0.05, 0) is 170 Å². The van der Waals surface area contributed by atoms with Crippen molar-refractivity contribution in [3.05, 3.63) is 264 Å². The smallest absolute Gasteiger partial charge is 0.0546 e. The van der Waals surface area contributed by atoms with Crippen LogP contribution in [0.15, 0.2) is 231 Å². The number of hydrogen-bond acceptors (Lipinski definition) is 2. The second-order valence-corrected chi connectivity index (χ2v) is 20.8. The number of benzene rings is 10. The lowest BCUT2D eigenvalue weighted by Crippen LogP contribution is -2.34. The number of hydrogen-bond donors (Lipinski definition) is 0. The number of anilines is 6. The first kappa shape index (κ1) is 41.1. The van der Waals surface area contributed by atoms with E-state index in [1.165, 1.54) is 124 Å². The summed E-state index contributed by atoms with van der Waals surface area (Å²) in [6.07, 6.45) is 4.62. The fourth-order valence-corrected chi connectivity index (χ4v) is 14.0. The fraction of sp³-hybridized carbons (Fsp3) is 0.147. The van der Waals surface area contributed by atoms with E-state index in [0.29, 0.717) is 11.8 Å². The minimum absolute atomic E-state index is 0.163. The lowest BCUT2D eigenvalue weighted by Gasteiger charge is -2.40. The van der Waals surface area contributed by atoms with E-state index in [1.54, 1.807) is 0 Å². The van der Waals surface area contributed by atoms with Gasteiger partial charge in [-0.2, -0.15) is 0 Å². The molecule has 3 atom stereocenters. The van der Waals surface area contributed by atoms with Crippen LogP contribution in [0.2, 0.25) is 0 Å². The number of rotatable bonds is 8. The summed E-state index contributed by atoms with van der Waals surface area (Å²) in [5.74, 6) is 0.975. The molecule has 3 unspecified atom stereocenters. The van der Waals surface area contributed by atoms with Crippen LogP contribution in [-0.4, -0.2) is 0 Å². The summed E-state index contributed by atoms with van der Waals surface area (Å²) >= 11 is 0. The van der Waals surface area contributed by atoms with Crippen LogP contribution in [0.1, 0.15) is 60.1 Å². The Balaban J connectivity index is 1.05. The van der Waals surface area contributed by atoms with Gasteiger partial charge in [0.05, 0.1) is 17.1 Å². The zero-order valence-corrected chi connectivity index (χ0v) is 39.8. The van der Waals surface area contributed by atoms with Crippen molar-refractivity contribution in [3.63, 3.8) is 0 Å². The molecule has 1 saturated carbocycles. The lowest BCUT2D eigenvalue weighted by atomic mass is 9.68. The Morgan fingerprint density at radius 3 is 1.51 bits per heavy atom. The standard InChI is InChI=1S/C68H54N2/c1-67(2)60-29-15-14-28-57(60)58-39-38-56(44-61(58)67)70(64-43-49-21-13-12-20-48(49)42-59(64)47-34-32-46(33-35-47)45-18-6-3-7-19-45)63-31-17-23-51-41-53-37-36-52-40-50-22-16-30-62(65(50)68(52,53)66(51)63)69(54-24-8-4-9-25-54)55-26-10-5-11-27-55/h3-35,38-39,42-44,52-53H,36-37,40-41H2,1-2H3. The van der Waals surface area contributed by atoms with E-state index in [1.807, 2.05) is 0 Å². The quantitative estimate of drug-likeness (QED) is 0.150. The molecule has 0 N–H and O–H groups in total. The maximum atomic E-state index is 2.70. The molecule has 4 aliphatic carbocycles. The summed E-state index contributed by atoms with van der Waals surface area (Å²) in [5.41, 5.74) is 23.4. The molecule has 4 aliphatic rings. The van der Waals surface area contributed by atoms with Gasteiger partial charge in [0, 0.05) is 33.5 Å². The van der Waals surface area contributed by atoms with Crippen molar-refractivity contribution in [1.82, 2.24) is 0 Å². The summed E-state index contributed by atoms with van der Waals surface area (Å²) < 4.78 is 0. The predicted octanol–water partition coefficient (Wildman–Crippen LogP) is 17.8. The largest absolute Gasteiger partial charge is 0.310 e. The Morgan fingerprint density at radius 1 is 0.357 bits per heavy atom. The highest BCUT2D eigenvalue weighted by molar-refractivity contribution is 6.00. The van der Waals surface area contributed by atoms with Crippen LogP contribution in [0.5, 0.6) is 0 Å². The van der Waals surface area contributed by atoms with Crippen LogP contribution >= 0.6 is 0 Å². The van der Waals surface area contributed by atoms with Crippen LogP contribution in [0.25, 0.3) is 44.2 Å². The SMILES string of the molecule is CC1(C)c2ccccc2-c2ccc(N(c3cc4ccccc4cc3-c3ccc(-c4ccccc4)cc3)c3cccc4c3C35c6c(cccc6N(c6ccccc6)c6ccccc6)CC3CCC5C4)cc21. The molecule has 336 valence electrons. The van der Waals surface area contributed by atoms with Gasteiger partial charge in [0.25, 0.3) is 0 Å². The van der Waals surface area contributed by atoms with Crippen molar-refractivity contribution in [1.29, 1.82) is 0 Å². The van der Waals surface area contributed by atoms with Crippen LogP contribution < -0.4 is 9.80 Å². The molecule has 1 fully saturated rings. The van der Waals surface area contributed by atoms with Crippen molar-refractivity contribution in [2.24, 2.45) is 11.8 Å². The van der Waals surface area contributed by atoms with Crippen molar-refractivity contribution >= 4 is 44.9 Å². The van der Waals surface area contributed by atoms with Gasteiger partial charge in [-0.15, -0.1) is 0 Å². The average Bonchev–Trinajstić information content (AvgIpc) is 4.11. The molecule has 10 aromatic carbocycles. The maximum absolute atomic E-state index is 2.70. The Labute approximate surface area is 412 Å². The van der Waals surface area contributed by atoms with E-state index in [2.05, 4.69) is 254 Å². The van der Waals surface area contributed by atoms with E-state index >= 15 is 0 Å². The Kier molecular flexibility index (Phi) is 9.27. The summed E-state index contributed by atoms with van der Waals surface area (Å²) in [6, 6.07) is 87.0. The molecule has 0 bridgehead atoms. The van der Waals surface area contributed by atoms with Gasteiger partial charge in [0.1, 0.15) is 0 Å². The van der Waals surface area contributed by atoms with Crippen molar-refractivity contribution in [2.45, 2.75) is 50.4 Å². The third kappa shape index (κ3) is 6.05.